The van der Waals surface area contributed by atoms with Gasteiger partial charge in [-0.15, -0.1) is 0 Å². The zero-order valence-electron chi connectivity index (χ0n) is 10.0. The highest BCUT2D eigenvalue weighted by atomic mass is 79.9. The number of anilines is 1. The molecule has 0 atom stereocenters. The van der Waals surface area contributed by atoms with E-state index < -0.39 is 15.8 Å². The second-order valence-electron chi connectivity index (χ2n) is 3.91. The monoisotopic (exact) mass is 431 g/mol. The topological polar surface area (TPSA) is 46.2 Å². The molecule has 0 aliphatic heterocycles. The van der Waals surface area contributed by atoms with Crippen LogP contribution in [0.2, 0.25) is 15.1 Å². The molecule has 3 nitrogen and oxygen atoms in total. The molecule has 0 saturated carbocycles. The molecule has 21 heavy (non-hydrogen) atoms. The van der Waals surface area contributed by atoms with Crippen molar-refractivity contribution in [2.45, 2.75) is 4.90 Å². The van der Waals surface area contributed by atoms with Gasteiger partial charge in [-0.1, -0.05) is 56.8 Å². The molecule has 0 aromatic heterocycles. The Morgan fingerprint density at radius 1 is 1.05 bits per heavy atom. The van der Waals surface area contributed by atoms with Crippen LogP contribution in [0.1, 0.15) is 0 Å². The molecule has 0 amide bonds. The minimum Gasteiger partial charge on any atom is -0.277 e. The van der Waals surface area contributed by atoms with Crippen molar-refractivity contribution in [3.8, 4) is 0 Å². The van der Waals surface area contributed by atoms with E-state index in [1.54, 1.807) is 0 Å². The average molecular weight is 434 g/mol. The maximum Gasteiger partial charge on any atom is 0.264 e. The van der Waals surface area contributed by atoms with Crippen molar-refractivity contribution in [3.05, 3.63) is 55.7 Å². The summed E-state index contributed by atoms with van der Waals surface area (Å²) < 4.78 is 41.0. The number of halogens is 5. The summed E-state index contributed by atoms with van der Waals surface area (Å²) in [6.07, 6.45) is 0. The maximum absolute atomic E-state index is 13.8. The van der Waals surface area contributed by atoms with Crippen LogP contribution in [0.3, 0.4) is 0 Å². The van der Waals surface area contributed by atoms with Crippen LogP contribution in [0.15, 0.2) is 39.7 Å². The predicted molar refractivity (Wildman–Crippen MR) is 86.4 cm³/mol. The standard InChI is InChI=1S/C12H6BrCl3FNO2S/c13-6-4-8(15)12(9(16)5-6)21(19,20)18-10-3-1-2-7(14)11(10)17/h1-5,18H. The first-order chi connectivity index (χ1) is 9.72. The van der Waals surface area contributed by atoms with E-state index in [-0.39, 0.29) is 25.7 Å². The number of nitrogens with one attached hydrogen (secondary N) is 1. The van der Waals surface area contributed by atoms with Gasteiger partial charge in [-0.2, -0.15) is 0 Å². The molecule has 112 valence electrons. The molecule has 0 bridgehead atoms. The van der Waals surface area contributed by atoms with Crippen LogP contribution in [0, 0.1) is 5.82 Å². The Morgan fingerprint density at radius 3 is 2.19 bits per heavy atom. The van der Waals surface area contributed by atoms with Gasteiger partial charge in [0.1, 0.15) is 4.90 Å². The molecule has 0 aliphatic rings. The molecule has 0 saturated heterocycles. The summed E-state index contributed by atoms with van der Waals surface area (Å²) in [7, 11) is -4.16. The maximum atomic E-state index is 13.8. The van der Waals surface area contributed by atoms with E-state index in [1.165, 1.54) is 30.3 Å². The van der Waals surface area contributed by atoms with Crippen molar-refractivity contribution in [1.82, 2.24) is 0 Å². The minimum absolute atomic E-state index is 0.0932. The summed E-state index contributed by atoms with van der Waals surface area (Å²) in [6.45, 7) is 0. The Labute approximate surface area is 144 Å². The van der Waals surface area contributed by atoms with Gasteiger partial charge in [0.05, 0.1) is 20.8 Å². The lowest BCUT2D eigenvalue weighted by atomic mass is 10.3. The van der Waals surface area contributed by atoms with E-state index in [0.717, 1.165) is 0 Å². The Kier molecular flexibility index (Phi) is 5.05. The van der Waals surface area contributed by atoms with Crippen LogP contribution in [0.5, 0.6) is 0 Å². The van der Waals surface area contributed by atoms with E-state index >= 15 is 0 Å². The van der Waals surface area contributed by atoms with Crippen molar-refractivity contribution in [2.24, 2.45) is 0 Å². The first kappa shape index (κ1) is 16.8. The zero-order valence-corrected chi connectivity index (χ0v) is 14.7. The molecule has 0 spiro atoms. The fraction of sp³-hybridized carbons (Fsp3) is 0. The molecule has 2 rings (SSSR count). The van der Waals surface area contributed by atoms with Gasteiger partial charge >= 0.3 is 0 Å². The molecule has 0 radical (unpaired) electrons. The molecule has 1 N–H and O–H groups in total. The highest BCUT2D eigenvalue weighted by Crippen LogP contribution is 2.34. The van der Waals surface area contributed by atoms with Crippen LogP contribution in [0.4, 0.5) is 10.1 Å². The number of hydrogen-bond acceptors (Lipinski definition) is 2. The smallest absolute Gasteiger partial charge is 0.264 e. The van der Waals surface area contributed by atoms with Crippen molar-refractivity contribution in [3.63, 3.8) is 0 Å². The lowest BCUT2D eigenvalue weighted by molar-refractivity contribution is 0.598. The van der Waals surface area contributed by atoms with E-state index in [0.29, 0.717) is 4.47 Å². The van der Waals surface area contributed by atoms with E-state index in [2.05, 4.69) is 20.7 Å². The Hall–Kier alpha value is -0.530. The second-order valence-corrected chi connectivity index (χ2v) is 7.66. The molecule has 0 heterocycles. The molecular weight excluding hydrogens is 427 g/mol. The number of sulfonamides is 1. The Bertz CT molecular complexity index is 791. The quantitative estimate of drug-likeness (QED) is 0.709. The summed E-state index contributed by atoms with van der Waals surface area (Å²) >= 11 is 20.6. The van der Waals surface area contributed by atoms with E-state index in [4.69, 9.17) is 34.8 Å². The molecule has 0 aliphatic carbocycles. The van der Waals surface area contributed by atoms with Crippen molar-refractivity contribution >= 4 is 66.4 Å². The highest BCUT2D eigenvalue weighted by molar-refractivity contribution is 9.10. The zero-order chi connectivity index (χ0) is 15.8. The van der Waals surface area contributed by atoms with Crippen molar-refractivity contribution in [2.75, 3.05) is 4.72 Å². The van der Waals surface area contributed by atoms with Crippen molar-refractivity contribution in [1.29, 1.82) is 0 Å². The van der Waals surface area contributed by atoms with Crippen molar-refractivity contribution < 1.29 is 12.8 Å². The van der Waals surface area contributed by atoms with Gasteiger partial charge in [0, 0.05) is 4.47 Å². The average Bonchev–Trinajstić information content (AvgIpc) is 2.33. The predicted octanol–water partition coefficient (Wildman–Crippen LogP) is 5.35. The third-order valence-electron chi connectivity index (χ3n) is 2.43. The highest BCUT2D eigenvalue weighted by Gasteiger charge is 2.24. The summed E-state index contributed by atoms with van der Waals surface area (Å²) in [5.41, 5.74) is -0.294. The molecule has 2 aromatic rings. The van der Waals surface area contributed by atoms with Gasteiger partial charge < -0.3 is 0 Å². The summed E-state index contributed by atoms with van der Waals surface area (Å²) in [6, 6.07) is 6.69. The fourth-order valence-corrected chi connectivity index (χ4v) is 4.74. The molecule has 0 unspecified atom stereocenters. The molecular formula is C12H6BrCl3FNO2S. The third kappa shape index (κ3) is 3.63. The number of rotatable bonds is 3. The Balaban J connectivity index is 2.51. The van der Waals surface area contributed by atoms with Crippen LogP contribution in [0.25, 0.3) is 0 Å². The largest absolute Gasteiger partial charge is 0.277 e. The van der Waals surface area contributed by atoms with Gasteiger partial charge in [-0.05, 0) is 24.3 Å². The third-order valence-corrected chi connectivity index (χ3v) is 5.46. The second kappa shape index (κ2) is 6.30. The van der Waals surface area contributed by atoms with Crippen LogP contribution < -0.4 is 4.72 Å². The van der Waals surface area contributed by atoms with E-state index in [1.807, 2.05) is 0 Å². The van der Waals surface area contributed by atoms with Gasteiger partial charge in [0.25, 0.3) is 10.0 Å². The van der Waals surface area contributed by atoms with Gasteiger partial charge in [-0.25, -0.2) is 12.8 Å². The lowest BCUT2D eigenvalue weighted by Crippen LogP contribution is -2.15. The van der Waals surface area contributed by atoms with Crippen LogP contribution in [-0.4, -0.2) is 8.42 Å². The number of benzene rings is 2. The first-order valence-corrected chi connectivity index (χ1v) is 8.75. The van der Waals surface area contributed by atoms with Gasteiger partial charge in [0.2, 0.25) is 0 Å². The summed E-state index contributed by atoms with van der Waals surface area (Å²) in [5.74, 6) is -0.882. The fourth-order valence-electron chi connectivity index (χ4n) is 1.56. The van der Waals surface area contributed by atoms with Gasteiger partial charge in [-0.3, -0.25) is 4.72 Å². The van der Waals surface area contributed by atoms with Gasteiger partial charge in [0.15, 0.2) is 5.82 Å². The SMILES string of the molecule is O=S(=O)(Nc1cccc(Cl)c1F)c1c(Cl)cc(Br)cc1Cl. The number of hydrogen-bond donors (Lipinski definition) is 1. The molecule has 9 heteroatoms. The summed E-state index contributed by atoms with van der Waals surface area (Å²) in [4.78, 5) is -0.339. The molecule has 0 fully saturated rings. The first-order valence-electron chi connectivity index (χ1n) is 5.34. The minimum atomic E-state index is -4.16. The lowest BCUT2D eigenvalue weighted by Gasteiger charge is -2.12. The molecule has 2 aromatic carbocycles. The van der Waals surface area contributed by atoms with E-state index in [9.17, 15) is 12.8 Å². The summed E-state index contributed by atoms with van der Waals surface area (Å²) in [5, 5.41) is -0.392. The normalized spacial score (nSPS) is 11.5. The Morgan fingerprint density at radius 2 is 1.62 bits per heavy atom. The van der Waals surface area contributed by atoms with Crippen LogP contribution >= 0.6 is 50.7 Å². The van der Waals surface area contributed by atoms with Crippen LogP contribution in [-0.2, 0) is 10.0 Å².